The summed E-state index contributed by atoms with van der Waals surface area (Å²) in [6, 6.07) is 0. The van der Waals surface area contributed by atoms with Crippen molar-refractivity contribution in [2.24, 2.45) is 0 Å². The summed E-state index contributed by atoms with van der Waals surface area (Å²) in [4.78, 5) is 11.5. The molecule has 108 valence electrons. The molecule has 1 atom stereocenters. The van der Waals surface area contributed by atoms with E-state index in [1.54, 1.807) is 0 Å². The Kier molecular flexibility index (Phi) is 7.62. The first-order chi connectivity index (χ1) is 8.22. The average molecular weight is 290 g/mol. The zero-order chi connectivity index (χ0) is 14.2. The highest BCUT2D eigenvalue weighted by atomic mass is 35.5. The molecule has 0 aliphatic rings. The van der Waals surface area contributed by atoms with Gasteiger partial charge in [-0.25, -0.2) is 0 Å². The van der Waals surface area contributed by atoms with Gasteiger partial charge in [-0.1, -0.05) is 6.92 Å². The first-order valence-electron chi connectivity index (χ1n) is 5.74. The van der Waals surface area contributed by atoms with Crippen molar-refractivity contribution in [3.8, 4) is 0 Å². The molecule has 0 spiro atoms. The first-order valence-corrected chi connectivity index (χ1v) is 6.27. The van der Waals surface area contributed by atoms with E-state index in [2.05, 4.69) is 10.1 Å². The summed E-state index contributed by atoms with van der Waals surface area (Å²) in [5.74, 6) is 0.0847. The second-order valence-electron chi connectivity index (χ2n) is 4.32. The van der Waals surface area contributed by atoms with Gasteiger partial charge in [-0.2, -0.15) is 13.2 Å². The Hall–Kier alpha value is -0.490. The summed E-state index contributed by atoms with van der Waals surface area (Å²) in [7, 11) is 0. The molecule has 3 nitrogen and oxygen atoms in total. The summed E-state index contributed by atoms with van der Waals surface area (Å²) in [5, 5.41) is 2.76. The van der Waals surface area contributed by atoms with Gasteiger partial charge in [0.05, 0.1) is 6.61 Å². The molecule has 0 aromatic carbocycles. The number of halogens is 4. The number of hydrogen-bond donors (Lipinski definition) is 1. The lowest BCUT2D eigenvalue weighted by molar-refractivity contribution is -0.174. The van der Waals surface area contributed by atoms with Crippen LogP contribution in [-0.2, 0) is 9.53 Å². The van der Waals surface area contributed by atoms with Gasteiger partial charge >= 0.3 is 6.18 Å². The van der Waals surface area contributed by atoms with Crippen LogP contribution in [0.1, 0.15) is 33.1 Å². The number of nitrogens with one attached hydrogen (secondary N) is 1. The number of carbonyl (C=O) groups excluding carboxylic acids is 1. The Morgan fingerprint density at radius 3 is 2.44 bits per heavy atom. The molecule has 0 bridgehead atoms. The number of hydrogen-bond acceptors (Lipinski definition) is 2. The smallest absolute Gasteiger partial charge is 0.372 e. The Morgan fingerprint density at radius 2 is 2.00 bits per heavy atom. The Balaban J connectivity index is 3.89. The maximum Gasteiger partial charge on any atom is 0.411 e. The van der Waals surface area contributed by atoms with E-state index in [1.165, 1.54) is 0 Å². The second-order valence-corrected chi connectivity index (χ2v) is 4.70. The van der Waals surface area contributed by atoms with Crippen molar-refractivity contribution in [2.45, 2.75) is 44.8 Å². The third kappa shape index (κ3) is 8.58. The highest BCUT2D eigenvalue weighted by molar-refractivity contribution is 6.17. The molecule has 1 N–H and O–H groups in total. The normalized spacial score (nSPS) is 15.2. The zero-order valence-electron chi connectivity index (χ0n) is 10.6. The summed E-state index contributed by atoms with van der Waals surface area (Å²) >= 11 is 5.62. The molecule has 0 saturated carbocycles. The van der Waals surface area contributed by atoms with Gasteiger partial charge in [-0.05, 0) is 19.8 Å². The fourth-order valence-electron chi connectivity index (χ4n) is 1.29. The second kappa shape index (κ2) is 7.84. The van der Waals surface area contributed by atoms with Crippen LogP contribution in [0.2, 0.25) is 0 Å². The molecular formula is C11H19ClF3NO2. The van der Waals surface area contributed by atoms with Gasteiger partial charge in [0.2, 0.25) is 5.91 Å². The van der Waals surface area contributed by atoms with Crippen molar-refractivity contribution in [1.29, 1.82) is 0 Å². The minimum atomic E-state index is -4.35. The van der Waals surface area contributed by atoms with Crippen LogP contribution in [0, 0.1) is 0 Å². The number of amides is 1. The molecule has 0 radical (unpaired) electrons. The van der Waals surface area contributed by atoms with Crippen LogP contribution in [0.4, 0.5) is 13.2 Å². The molecule has 0 rings (SSSR count). The minimum absolute atomic E-state index is 0.0893. The lowest BCUT2D eigenvalue weighted by Gasteiger charge is -2.29. The molecule has 0 aliphatic heterocycles. The van der Waals surface area contributed by atoms with E-state index in [0.717, 1.165) is 0 Å². The van der Waals surface area contributed by atoms with Crippen molar-refractivity contribution < 1.29 is 22.7 Å². The van der Waals surface area contributed by atoms with Crippen LogP contribution < -0.4 is 5.32 Å². The summed E-state index contributed by atoms with van der Waals surface area (Å²) < 4.78 is 39.7. The van der Waals surface area contributed by atoms with E-state index in [0.29, 0.717) is 18.7 Å². The average Bonchev–Trinajstić information content (AvgIpc) is 2.23. The summed E-state index contributed by atoms with van der Waals surface area (Å²) in [6.45, 7) is 2.19. The monoisotopic (exact) mass is 289 g/mol. The molecule has 18 heavy (non-hydrogen) atoms. The molecule has 0 heterocycles. The Labute approximate surface area is 110 Å². The third-order valence-electron chi connectivity index (χ3n) is 2.61. The van der Waals surface area contributed by atoms with Gasteiger partial charge in [0.15, 0.2) is 0 Å². The van der Waals surface area contributed by atoms with Crippen LogP contribution in [0.5, 0.6) is 0 Å². The molecule has 0 aromatic rings. The van der Waals surface area contributed by atoms with Gasteiger partial charge in [0, 0.05) is 17.8 Å². The van der Waals surface area contributed by atoms with Crippen LogP contribution in [0.25, 0.3) is 0 Å². The van der Waals surface area contributed by atoms with E-state index < -0.39 is 18.3 Å². The highest BCUT2D eigenvalue weighted by Gasteiger charge is 2.28. The van der Waals surface area contributed by atoms with E-state index >= 15 is 0 Å². The van der Waals surface area contributed by atoms with Crippen LogP contribution >= 0.6 is 11.6 Å². The maximum atomic E-state index is 11.8. The van der Waals surface area contributed by atoms with Crippen LogP contribution in [0.15, 0.2) is 0 Å². The Morgan fingerprint density at radius 1 is 1.39 bits per heavy atom. The van der Waals surface area contributed by atoms with Crippen molar-refractivity contribution in [3.05, 3.63) is 0 Å². The predicted octanol–water partition coefficient (Wildman–Crippen LogP) is 2.87. The SMILES string of the molecule is CCC(C)(CCCl)NC(=O)CCOCC(F)(F)F. The summed E-state index contributed by atoms with van der Waals surface area (Å²) in [5.41, 5.74) is -0.414. The van der Waals surface area contributed by atoms with E-state index in [-0.39, 0.29) is 18.9 Å². The number of carbonyl (C=O) groups is 1. The molecule has 0 fully saturated rings. The van der Waals surface area contributed by atoms with Crippen LogP contribution in [0.3, 0.4) is 0 Å². The van der Waals surface area contributed by atoms with Crippen molar-refractivity contribution in [2.75, 3.05) is 19.1 Å². The largest absolute Gasteiger partial charge is 0.411 e. The standard InChI is InChI=1S/C11H19ClF3NO2/c1-3-10(2,5-6-12)16-9(17)4-7-18-8-11(13,14)15/h3-8H2,1-2H3,(H,16,17). The first kappa shape index (κ1) is 17.5. The molecule has 1 amide bonds. The van der Waals surface area contributed by atoms with Gasteiger partial charge in [-0.3, -0.25) is 4.79 Å². The molecule has 7 heteroatoms. The lowest BCUT2D eigenvalue weighted by Crippen LogP contribution is -2.46. The molecular weight excluding hydrogens is 271 g/mol. The number of alkyl halides is 4. The van der Waals surface area contributed by atoms with Crippen molar-refractivity contribution in [1.82, 2.24) is 5.32 Å². The highest BCUT2D eigenvalue weighted by Crippen LogP contribution is 2.16. The van der Waals surface area contributed by atoms with Gasteiger partial charge in [0.1, 0.15) is 6.61 Å². The fourth-order valence-corrected chi connectivity index (χ4v) is 1.71. The van der Waals surface area contributed by atoms with E-state index in [9.17, 15) is 18.0 Å². The molecule has 0 aliphatic carbocycles. The quantitative estimate of drug-likeness (QED) is 0.551. The topological polar surface area (TPSA) is 38.3 Å². The van der Waals surface area contributed by atoms with Crippen LogP contribution in [-0.4, -0.2) is 36.7 Å². The lowest BCUT2D eigenvalue weighted by atomic mass is 9.95. The third-order valence-corrected chi connectivity index (χ3v) is 2.80. The number of rotatable bonds is 8. The minimum Gasteiger partial charge on any atom is -0.372 e. The van der Waals surface area contributed by atoms with E-state index in [1.807, 2.05) is 13.8 Å². The summed E-state index contributed by atoms with van der Waals surface area (Å²) in [6.07, 6.45) is -3.13. The molecule has 0 saturated heterocycles. The number of ether oxygens (including phenoxy) is 1. The maximum absolute atomic E-state index is 11.8. The fraction of sp³-hybridized carbons (Fsp3) is 0.909. The van der Waals surface area contributed by atoms with Crippen molar-refractivity contribution in [3.63, 3.8) is 0 Å². The van der Waals surface area contributed by atoms with Crippen molar-refractivity contribution >= 4 is 17.5 Å². The predicted molar refractivity (Wildman–Crippen MR) is 63.7 cm³/mol. The zero-order valence-corrected chi connectivity index (χ0v) is 11.3. The van der Waals surface area contributed by atoms with Gasteiger partial charge in [-0.15, -0.1) is 11.6 Å². The molecule has 0 aromatic heterocycles. The van der Waals surface area contributed by atoms with Gasteiger partial charge < -0.3 is 10.1 Å². The molecule has 1 unspecified atom stereocenters. The van der Waals surface area contributed by atoms with Gasteiger partial charge in [0.25, 0.3) is 0 Å². The Bertz CT molecular complexity index is 261. The van der Waals surface area contributed by atoms with E-state index in [4.69, 9.17) is 11.6 Å².